The first-order valence-corrected chi connectivity index (χ1v) is 11.9. The molecule has 0 saturated heterocycles. The minimum absolute atomic E-state index is 0.0384. The van der Waals surface area contributed by atoms with Gasteiger partial charge in [-0.2, -0.15) is 4.31 Å². The van der Waals surface area contributed by atoms with Crippen LogP contribution in [0.15, 0.2) is 89.8 Å². The monoisotopic (exact) mass is 454 g/mol. The summed E-state index contributed by atoms with van der Waals surface area (Å²) in [6.45, 7) is 1.53. The third kappa shape index (κ3) is 6.73. The van der Waals surface area contributed by atoms with E-state index in [1.165, 1.54) is 42.0 Å². The number of aryl methyl sites for hydroxylation is 1. The first kappa shape index (κ1) is 23.6. The summed E-state index contributed by atoms with van der Waals surface area (Å²) < 4.78 is 40.8. The molecule has 0 heterocycles. The zero-order chi connectivity index (χ0) is 23.0. The van der Waals surface area contributed by atoms with Gasteiger partial charge in [-0.25, -0.2) is 12.8 Å². The normalized spacial score (nSPS) is 12.5. The molecule has 0 aliphatic rings. The fourth-order valence-corrected chi connectivity index (χ4v) is 4.75. The molecular weight excluding hydrogens is 427 g/mol. The molecule has 0 spiro atoms. The number of amides is 1. The Morgan fingerprint density at radius 1 is 0.906 bits per heavy atom. The van der Waals surface area contributed by atoms with Crippen LogP contribution in [0.1, 0.15) is 24.5 Å². The maximum atomic E-state index is 13.3. The first-order valence-electron chi connectivity index (χ1n) is 10.5. The lowest BCUT2D eigenvalue weighted by Crippen LogP contribution is -2.43. The number of nitrogens with one attached hydrogen (secondary N) is 1. The van der Waals surface area contributed by atoms with Crippen molar-refractivity contribution in [3.63, 3.8) is 0 Å². The largest absolute Gasteiger partial charge is 0.352 e. The van der Waals surface area contributed by atoms with Crippen molar-refractivity contribution in [2.75, 3.05) is 6.54 Å². The zero-order valence-corrected chi connectivity index (χ0v) is 18.8. The second-order valence-electron chi connectivity index (χ2n) is 7.71. The Kier molecular flexibility index (Phi) is 8.14. The van der Waals surface area contributed by atoms with Crippen molar-refractivity contribution in [2.45, 2.75) is 37.2 Å². The Morgan fingerprint density at radius 3 is 2.12 bits per heavy atom. The number of halogens is 1. The molecule has 5 nitrogen and oxygen atoms in total. The van der Waals surface area contributed by atoms with E-state index in [4.69, 9.17) is 0 Å². The second kappa shape index (κ2) is 11.0. The van der Waals surface area contributed by atoms with E-state index in [-0.39, 0.29) is 29.9 Å². The molecule has 0 fully saturated rings. The van der Waals surface area contributed by atoms with Crippen LogP contribution in [0.4, 0.5) is 4.39 Å². The summed E-state index contributed by atoms with van der Waals surface area (Å²) in [7, 11) is -3.92. The van der Waals surface area contributed by atoms with E-state index in [0.717, 1.165) is 17.1 Å². The SMILES string of the molecule is C[C@@H](CCc1ccccc1)NC(=O)CN(Cc1ccc(F)cc1)S(=O)(=O)c1ccccc1. The fourth-order valence-electron chi connectivity index (χ4n) is 3.34. The molecule has 0 unspecified atom stereocenters. The number of carbonyl (C=O) groups is 1. The summed E-state index contributed by atoms with van der Waals surface area (Å²) in [5.41, 5.74) is 1.77. The quantitative estimate of drug-likeness (QED) is 0.500. The van der Waals surface area contributed by atoms with Crippen LogP contribution in [0.3, 0.4) is 0 Å². The highest BCUT2D eigenvalue weighted by Gasteiger charge is 2.27. The van der Waals surface area contributed by atoms with Crippen LogP contribution in [-0.4, -0.2) is 31.2 Å². The third-order valence-electron chi connectivity index (χ3n) is 5.09. The third-order valence-corrected chi connectivity index (χ3v) is 6.90. The molecule has 0 bridgehead atoms. The number of benzene rings is 3. The van der Waals surface area contributed by atoms with Gasteiger partial charge in [0.25, 0.3) is 0 Å². The molecular formula is C25H27FN2O3S. The Hall–Kier alpha value is -3.03. The van der Waals surface area contributed by atoms with Gasteiger partial charge in [0.05, 0.1) is 11.4 Å². The van der Waals surface area contributed by atoms with Gasteiger partial charge >= 0.3 is 0 Å². The van der Waals surface area contributed by atoms with E-state index in [9.17, 15) is 17.6 Å². The van der Waals surface area contributed by atoms with Gasteiger partial charge in [0.1, 0.15) is 5.82 Å². The highest BCUT2D eigenvalue weighted by Crippen LogP contribution is 2.18. The van der Waals surface area contributed by atoms with E-state index in [1.807, 2.05) is 37.3 Å². The number of hydrogen-bond donors (Lipinski definition) is 1. The average molecular weight is 455 g/mol. The molecule has 3 rings (SSSR count). The highest BCUT2D eigenvalue weighted by molar-refractivity contribution is 7.89. The molecule has 3 aromatic rings. The molecule has 3 aromatic carbocycles. The van der Waals surface area contributed by atoms with Crippen LogP contribution in [0, 0.1) is 5.82 Å². The Bertz CT molecular complexity index is 1100. The molecule has 1 amide bonds. The summed E-state index contributed by atoms with van der Waals surface area (Å²) in [4.78, 5) is 12.8. The summed E-state index contributed by atoms with van der Waals surface area (Å²) in [5, 5.41) is 2.89. The topological polar surface area (TPSA) is 66.5 Å². The lowest BCUT2D eigenvalue weighted by molar-refractivity contribution is -0.122. The van der Waals surface area contributed by atoms with Gasteiger partial charge in [-0.3, -0.25) is 4.79 Å². The molecule has 168 valence electrons. The molecule has 7 heteroatoms. The predicted molar refractivity (Wildman–Crippen MR) is 123 cm³/mol. The van der Waals surface area contributed by atoms with Crippen molar-refractivity contribution < 1.29 is 17.6 Å². The molecule has 32 heavy (non-hydrogen) atoms. The van der Waals surface area contributed by atoms with Gasteiger partial charge in [-0.15, -0.1) is 0 Å². The molecule has 1 atom stereocenters. The standard InChI is InChI=1S/C25H27FN2O3S/c1-20(12-13-21-8-4-2-5-9-21)27-25(29)19-28(18-22-14-16-23(26)17-15-22)32(30,31)24-10-6-3-7-11-24/h2-11,14-17,20H,12-13,18-19H2,1H3,(H,27,29)/t20-/m0/s1. The van der Waals surface area contributed by atoms with Gasteiger partial charge in [-0.05, 0) is 55.2 Å². The van der Waals surface area contributed by atoms with E-state index >= 15 is 0 Å². The van der Waals surface area contributed by atoms with Gasteiger partial charge in [0.2, 0.25) is 15.9 Å². The maximum absolute atomic E-state index is 13.3. The summed E-state index contributed by atoms with van der Waals surface area (Å²) in [5.74, 6) is -0.789. The predicted octanol–water partition coefficient (Wildman–Crippen LogP) is 4.15. The summed E-state index contributed by atoms with van der Waals surface area (Å²) in [6.07, 6.45) is 1.54. The Morgan fingerprint density at radius 2 is 1.50 bits per heavy atom. The van der Waals surface area contributed by atoms with E-state index in [1.54, 1.807) is 18.2 Å². The van der Waals surface area contributed by atoms with Crippen molar-refractivity contribution in [1.29, 1.82) is 0 Å². The van der Waals surface area contributed by atoms with Gasteiger partial charge < -0.3 is 5.32 Å². The minimum atomic E-state index is -3.92. The van der Waals surface area contributed by atoms with E-state index in [0.29, 0.717) is 5.56 Å². The van der Waals surface area contributed by atoms with E-state index < -0.39 is 15.8 Å². The van der Waals surface area contributed by atoms with Crippen molar-refractivity contribution in [3.05, 3.63) is 102 Å². The van der Waals surface area contributed by atoms with Crippen LogP contribution in [0.5, 0.6) is 0 Å². The summed E-state index contributed by atoms with van der Waals surface area (Å²) >= 11 is 0. The van der Waals surface area contributed by atoms with Gasteiger partial charge in [-0.1, -0.05) is 60.7 Å². The first-order chi connectivity index (χ1) is 15.3. The number of sulfonamides is 1. The van der Waals surface area contributed by atoms with Crippen LogP contribution in [0.2, 0.25) is 0 Å². The van der Waals surface area contributed by atoms with Crippen LogP contribution in [-0.2, 0) is 27.8 Å². The number of hydrogen-bond acceptors (Lipinski definition) is 3. The minimum Gasteiger partial charge on any atom is -0.352 e. The van der Waals surface area contributed by atoms with E-state index in [2.05, 4.69) is 5.32 Å². The molecule has 0 aliphatic heterocycles. The molecule has 0 radical (unpaired) electrons. The van der Waals surface area contributed by atoms with Crippen molar-refractivity contribution in [2.24, 2.45) is 0 Å². The van der Waals surface area contributed by atoms with Crippen molar-refractivity contribution in [3.8, 4) is 0 Å². The van der Waals surface area contributed by atoms with Crippen LogP contribution in [0.25, 0.3) is 0 Å². The molecule has 0 aromatic heterocycles. The maximum Gasteiger partial charge on any atom is 0.243 e. The van der Waals surface area contributed by atoms with Crippen LogP contribution < -0.4 is 5.32 Å². The second-order valence-corrected chi connectivity index (χ2v) is 9.64. The highest BCUT2D eigenvalue weighted by atomic mass is 32.2. The van der Waals surface area contributed by atoms with Crippen molar-refractivity contribution >= 4 is 15.9 Å². The van der Waals surface area contributed by atoms with Crippen LogP contribution >= 0.6 is 0 Å². The van der Waals surface area contributed by atoms with Gasteiger partial charge in [0, 0.05) is 12.6 Å². The number of carbonyl (C=O) groups excluding carboxylic acids is 1. The lowest BCUT2D eigenvalue weighted by Gasteiger charge is -2.23. The number of rotatable bonds is 10. The average Bonchev–Trinajstić information content (AvgIpc) is 2.80. The van der Waals surface area contributed by atoms with Gasteiger partial charge in [0.15, 0.2) is 0 Å². The van der Waals surface area contributed by atoms with Crippen molar-refractivity contribution in [1.82, 2.24) is 9.62 Å². The Labute approximate surface area is 188 Å². The lowest BCUT2D eigenvalue weighted by atomic mass is 10.1. The number of nitrogens with zero attached hydrogens (tertiary/aromatic N) is 1. The Balaban J connectivity index is 1.70. The molecule has 0 aliphatic carbocycles. The smallest absolute Gasteiger partial charge is 0.243 e. The fraction of sp³-hybridized carbons (Fsp3) is 0.240. The zero-order valence-electron chi connectivity index (χ0n) is 17.9. The molecule has 1 N–H and O–H groups in total. The molecule has 0 saturated carbocycles. The summed E-state index contributed by atoms with van der Waals surface area (Å²) in [6, 6.07) is 23.4.